The number of nitriles is 1. The Morgan fingerprint density at radius 3 is 2.55 bits per heavy atom. The van der Waals surface area contributed by atoms with Crippen molar-refractivity contribution in [2.75, 3.05) is 18.0 Å². The summed E-state index contributed by atoms with van der Waals surface area (Å²) in [6, 6.07) is 16.7. The van der Waals surface area contributed by atoms with E-state index in [9.17, 15) is 4.79 Å². The summed E-state index contributed by atoms with van der Waals surface area (Å²) in [5.41, 5.74) is 4.34. The molecule has 1 saturated carbocycles. The quantitative estimate of drug-likeness (QED) is 0.471. The molecule has 0 atom stereocenters. The van der Waals surface area contributed by atoms with E-state index in [1.165, 1.54) is 34.0 Å². The van der Waals surface area contributed by atoms with Gasteiger partial charge in [-0.1, -0.05) is 25.3 Å². The van der Waals surface area contributed by atoms with Gasteiger partial charge in [0.2, 0.25) is 5.91 Å². The fraction of sp³-hybridized carbons (Fsp3) is 0.462. The number of carbonyl (C=O) groups excluding carboxylic acids is 1. The van der Waals surface area contributed by atoms with E-state index in [4.69, 9.17) is 5.26 Å². The van der Waals surface area contributed by atoms with Gasteiger partial charge in [-0.05, 0) is 95.8 Å². The average molecular weight is 527 g/mol. The standard InChI is InChI=1S/C26H30IN3O/c1-20(31)30(25-9-7-24(27)8-10-25)26(12-3-2-4-13-26)14-16-29-15-11-22-17-21(18-28)5-6-23(22)19-29/h5-10,17H,2-4,11-16,19H2,1H3. The van der Waals surface area contributed by atoms with E-state index in [0.29, 0.717) is 0 Å². The maximum absolute atomic E-state index is 12.9. The second kappa shape index (κ2) is 9.70. The van der Waals surface area contributed by atoms with Crippen LogP contribution in [0, 0.1) is 14.9 Å². The Morgan fingerprint density at radius 1 is 1.13 bits per heavy atom. The zero-order valence-corrected chi connectivity index (χ0v) is 20.4. The van der Waals surface area contributed by atoms with Crippen molar-refractivity contribution >= 4 is 34.2 Å². The Labute approximate surface area is 199 Å². The Balaban J connectivity index is 1.53. The van der Waals surface area contributed by atoms with Gasteiger partial charge < -0.3 is 4.90 Å². The van der Waals surface area contributed by atoms with Crippen molar-refractivity contribution in [3.8, 4) is 6.07 Å². The van der Waals surface area contributed by atoms with Crippen LogP contribution in [0.5, 0.6) is 0 Å². The zero-order chi connectivity index (χ0) is 21.8. The van der Waals surface area contributed by atoms with Crippen LogP contribution in [0.1, 0.15) is 62.1 Å². The molecule has 31 heavy (non-hydrogen) atoms. The highest BCUT2D eigenvalue weighted by molar-refractivity contribution is 14.1. The lowest BCUT2D eigenvalue weighted by Gasteiger charge is -2.47. The number of carbonyl (C=O) groups is 1. The van der Waals surface area contributed by atoms with Gasteiger partial charge in [-0.2, -0.15) is 5.26 Å². The molecule has 2 aliphatic rings. The number of benzene rings is 2. The predicted octanol–water partition coefficient (Wildman–Crippen LogP) is 5.67. The molecule has 2 aromatic carbocycles. The molecule has 0 unspecified atom stereocenters. The van der Waals surface area contributed by atoms with Gasteiger partial charge in [0, 0.05) is 41.4 Å². The molecule has 4 rings (SSSR count). The van der Waals surface area contributed by atoms with Gasteiger partial charge in [-0.15, -0.1) is 0 Å². The third-order valence-electron chi connectivity index (χ3n) is 6.98. The van der Waals surface area contributed by atoms with Gasteiger partial charge in [0.25, 0.3) is 0 Å². The summed E-state index contributed by atoms with van der Waals surface area (Å²) in [4.78, 5) is 17.5. The third-order valence-corrected chi connectivity index (χ3v) is 7.70. The van der Waals surface area contributed by atoms with Crippen molar-refractivity contribution in [3.63, 3.8) is 0 Å². The van der Waals surface area contributed by atoms with E-state index < -0.39 is 0 Å². The number of hydrogen-bond acceptors (Lipinski definition) is 3. The Kier molecular flexibility index (Phi) is 6.98. The minimum absolute atomic E-state index is 0.0954. The Morgan fingerprint density at radius 2 is 1.87 bits per heavy atom. The lowest BCUT2D eigenvalue weighted by atomic mass is 9.77. The summed E-state index contributed by atoms with van der Waals surface area (Å²) in [6.45, 7) is 4.66. The fourth-order valence-electron chi connectivity index (χ4n) is 5.41. The topological polar surface area (TPSA) is 47.3 Å². The number of nitrogens with zero attached hydrogens (tertiary/aromatic N) is 3. The second-order valence-corrected chi connectivity index (χ2v) is 10.2. The van der Waals surface area contributed by atoms with E-state index in [-0.39, 0.29) is 11.4 Å². The highest BCUT2D eigenvalue weighted by Gasteiger charge is 2.40. The van der Waals surface area contributed by atoms with Crippen LogP contribution in [0.15, 0.2) is 42.5 Å². The lowest BCUT2D eigenvalue weighted by Crippen LogP contribution is -2.54. The van der Waals surface area contributed by atoms with Crippen LogP contribution >= 0.6 is 22.6 Å². The highest BCUT2D eigenvalue weighted by Crippen LogP contribution is 2.40. The van der Waals surface area contributed by atoms with Crippen LogP contribution < -0.4 is 4.90 Å². The number of rotatable bonds is 5. The highest BCUT2D eigenvalue weighted by atomic mass is 127. The van der Waals surface area contributed by atoms with Crippen molar-refractivity contribution in [2.45, 2.75) is 64.0 Å². The predicted molar refractivity (Wildman–Crippen MR) is 133 cm³/mol. The van der Waals surface area contributed by atoms with Crippen molar-refractivity contribution in [2.24, 2.45) is 0 Å². The summed E-state index contributed by atoms with van der Waals surface area (Å²) in [6.07, 6.45) is 7.79. The van der Waals surface area contributed by atoms with Gasteiger partial charge in [-0.3, -0.25) is 9.69 Å². The largest absolute Gasteiger partial charge is 0.307 e. The molecular formula is C26H30IN3O. The summed E-state index contributed by atoms with van der Waals surface area (Å²) in [5, 5.41) is 9.16. The Hall–Kier alpha value is -1.91. The molecule has 1 aliphatic carbocycles. The lowest BCUT2D eigenvalue weighted by molar-refractivity contribution is -0.118. The van der Waals surface area contributed by atoms with Crippen molar-refractivity contribution in [1.29, 1.82) is 5.26 Å². The van der Waals surface area contributed by atoms with Gasteiger partial charge in [0.15, 0.2) is 0 Å². The Bertz CT molecular complexity index is 973. The first kappa shape index (κ1) is 22.3. The molecular weight excluding hydrogens is 497 g/mol. The second-order valence-electron chi connectivity index (χ2n) is 8.99. The van der Waals surface area contributed by atoms with Crippen LogP contribution in [0.4, 0.5) is 5.69 Å². The normalized spacial score (nSPS) is 18.1. The van der Waals surface area contributed by atoms with E-state index in [0.717, 1.165) is 56.6 Å². The van der Waals surface area contributed by atoms with Crippen molar-refractivity contribution < 1.29 is 4.79 Å². The van der Waals surface area contributed by atoms with Gasteiger partial charge in [0.1, 0.15) is 0 Å². The SMILES string of the molecule is CC(=O)N(c1ccc(I)cc1)C1(CCN2CCc3cc(C#N)ccc3C2)CCCCC1. The van der Waals surface area contributed by atoms with Crippen LogP contribution in [-0.2, 0) is 17.8 Å². The first-order valence-electron chi connectivity index (χ1n) is 11.3. The van der Waals surface area contributed by atoms with E-state index in [1.54, 1.807) is 6.92 Å². The van der Waals surface area contributed by atoms with Crippen molar-refractivity contribution in [3.05, 3.63) is 62.7 Å². The maximum atomic E-state index is 12.9. The van der Waals surface area contributed by atoms with Crippen LogP contribution in [0.2, 0.25) is 0 Å². The molecule has 1 amide bonds. The molecule has 0 N–H and O–H groups in total. The number of fused-ring (bicyclic) bond motifs is 1. The van der Waals surface area contributed by atoms with Crippen LogP contribution in [0.25, 0.3) is 0 Å². The first-order valence-corrected chi connectivity index (χ1v) is 12.4. The van der Waals surface area contributed by atoms with Gasteiger partial charge >= 0.3 is 0 Å². The minimum Gasteiger partial charge on any atom is -0.307 e. The molecule has 0 radical (unpaired) electrons. The monoisotopic (exact) mass is 527 g/mol. The van der Waals surface area contributed by atoms with Crippen molar-refractivity contribution in [1.82, 2.24) is 4.90 Å². The van der Waals surface area contributed by atoms with Gasteiger partial charge in [-0.25, -0.2) is 0 Å². The number of halogens is 1. The number of hydrogen-bond donors (Lipinski definition) is 0. The molecule has 4 nitrogen and oxygen atoms in total. The molecule has 0 spiro atoms. The third kappa shape index (κ3) is 4.96. The van der Waals surface area contributed by atoms with E-state index in [1.807, 2.05) is 12.1 Å². The summed E-state index contributed by atoms with van der Waals surface area (Å²) in [5.74, 6) is 0.149. The molecule has 5 heteroatoms. The molecule has 0 bridgehead atoms. The van der Waals surface area contributed by atoms with E-state index in [2.05, 4.69) is 68.8 Å². The fourth-order valence-corrected chi connectivity index (χ4v) is 5.77. The molecule has 1 aliphatic heterocycles. The van der Waals surface area contributed by atoms with Crippen LogP contribution in [-0.4, -0.2) is 29.4 Å². The molecule has 1 fully saturated rings. The first-order chi connectivity index (χ1) is 15.0. The van der Waals surface area contributed by atoms with Crippen LogP contribution in [0.3, 0.4) is 0 Å². The molecule has 2 aromatic rings. The smallest absolute Gasteiger partial charge is 0.224 e. The number of anilines is 1. The molecule has 162 valence electrons. The minimum atomic E-state index is -0.0954. The van der Waals surface area contributed by atoms with Gasteiger partial charge in [0.05, 0.1) is 11.6 Å². The summed E-state index contributed by atoms with van der Waals surface area (Å²) < 4.78 is 1.19. The zero-order valence-electron chi connectivity index (χ0n) is 18.2. The molecule has 0 aromatic heterocycles. The van der Waals surface area contributed by atoms with E-state index >= 15 is 0 Å². The summed E-state index contributed by atoms with van der Waals surface area (Å²) in [7, 11) is 0. The maximum Gasteiger partial charge on any atom is 0.224 e. The average Bonchev–Trinajstić information content (AvgIpc) is 2.79. The molecule has 1 heterocycles. The molecule has 0 saturated heterocycles. The number of amides is 1. The summed E-state index contributed by atoms with van der Waals surface area (Å²) >= 11 is 2.32.